The summed E-state index contributed by atoms with van der Waals surface area (Å²) in [5, 5.41) is 13.6. The van der Waals surface area contributed by atoms with Crippen LogP contribution in [-0.2, 0) is 32.2 Å². The third-order valence-corrected chi connectivity index (χ3v) is 4.82. The molecule has 0 radical (unpaired) electrons. The quantitative estimate of drug-likeness (QED) is 0.191. The molecule has 2 aromatic carbocycles. The number of esters is 1. The van der Waals surface area contributed by atoms with Crippen molar-refractivity contribution < 1.29 is 40.4 Å². The topological polar surface area (TPSA) is 69.9 Å². The molecule has 8 heteroatoms. The van der Waals surface area contributed by atoms with Crippen molar-refractivity contribution in [2.75, 3.05) is 20.8 Å². The first-order valence-corrected chi connectivity index (χ1v) is 10.2. The van der Waals surface area contributed by atoms with E-state index >= 15 is 0 Å². The molecule has 0 unspecified atom stereocenters. The van der Waals surface area contributed by atoms with Crippen LogP contribution in [0.3, 0.4) is 0 Å². The Bertz CT molecular complexity index is 954. The van der Waals surface area contributed by atoms with Crippen LogP contribution in [0.2, 0.25) is 0 Å². The molecule has 2 rings (SSSR count). The number of carbonyl (C=O) groups is 1. The molecule has 0 aliphatic carbocycles. The summed E-state index contributed by atoms with van der Waals surface area (Å²) in [6.07, 6.45) is 5.78. The van der Waals surface area contributed by atoms with E-state index < -0.39 is 0 Å². The van der Waals surface area contributed by atoms with E-state index in [0.717, 1.165) is 16.9 Å². The van der Waals surface area contributed by atoms with Gasteiger partial charge in [0.2, 0.25) is 0 Å². The maximum atomic E-state index is 11.5. The number of rotatable bonds is 9. The Morgan fingerprint density at radius 1 is 1.19 bits per heavy atom. The number of ether oxygens (including phenoxy) is 2. The van der Waals surface area contributed by atoms with Gasteiger partial charge in [-0.15, -0.1) is 12.2 Å². The second-order valence-electron chi connectivity index (χ2n) is 6.13. The fraction of sp³-hybridized carbons (Fsp3) is 0.174. The van der Waals surface area contributed by atoms with Gasteiger partial charge in [0, 0.05) is 31.6 Å². The summed E-state index contributed by atoms with van der Waals surface area (Å²) in [5.74, 6) is 0.392. The van der Waals surface area contributed by atoms with Gasteiger partial charge in [-0.05, 0) is 53.4 Å². The van der Waals surface area contributed by atoms with E-state index in [4.69, 9.17) is 21.1 Å². The summed E-state index contributed by atoms with van der Waals surface area (Å²) in [4.78, 5) is 11.5. The van der Waals surface area contributed by atoms with Crippen molar-refractivity contribution in [2.45, 2.75) is 6.42 Å². The number of aliphatic hydroxyl groups is 1. The second-order valence-corrected chi connectivity index (χ2v) is 7.37. The first kappa shape index (κ1) is 27.0. The second kappa shape index (κ2) is 14.1. The maximum Gasteiger partial charge on any atom is 0.337 e. The standard InChI is InChI=1S/C23H22BrClNO4.W/c1-29-19-5-3-4-17(14-19)8-11-21(20(24)15-22(25)27)26-13-12-16-6-9-18(10-7-16)23(28)30-2;/h3-11,14-15,27H,12-13H2,1-2H3;/q-1;/b11-8+,21-20+,22-15-;. The molecule has 0 saturated heterocycles. The molecule has 0 atom stereocenters. The molecular weight excluding hydrogens is 653 g/mol. The molecule has 31 heavy (non-hydrogen) atoms. The molecule has 0 amide bonds. The van der Waals surface area contributed by atoms with Crippen molar-refractivity contribution in [1.29, 1.82) is 0 Å². The van der Waals surface area contributed by atoms with Crippen molar-refractivity contribution >= 4 is 39.6 Å². The molecule has 0 heterocycles. The SMILES string of the molecule is COC(=O)c1ccc(CC[N-]C(/C=C/c2cccc(OC)c2)=C(Br)\C=C(/O)Cl)cc1.[W]. The largest absolute Gasteiger partial charge is 0.683 e. The summed E-state index contributed by atoms with van der Waals surface area (Å²) in [6, 6.07) is 14.8. The van der Waals surface area contributed by atoms with Gasteiger partial charge >= 0.3 is 5.97 Å². The third kappa shape index (κ3) is 9.34. The molecule has 2 aromatic rings. The number of methoxy groups -OCH3 is 2. The van der Waals surface area contributed by atoms with Crippen LogP contribution in [0.25, 0.3) is 11.4 Å². The van der Waals surface area contributed by atoms with Crippen molar-refractivity contribution in [3.05, 3.63) is 98.1 Å². The average molecular weight is 676 g/mol. The number of carbonyl (C=O) groups excluding carboxylic acids is 1. The van der Waals surface area contributed by atoms with Crippen LogP contribution in [-0.4, -0.2) is 31.8 Å². The maximum absolute atomic E-state index is 11.5. The van der Waals surface area contributed by atoms with Crippen LogP contribution >= 0.6 is 27.5 Å². The van der Waals surface area contributed by atoms with Crippen LogP contribution in [0.4, 0.5) is 0 Å². The zero-order valence-electron chi connectivity index (χ0n) is 17.0. The summed E-state index contributed by atoms with van der Waals surface area (Å²) in [5.41, 5.74) is 3.11. The number of aliphatic hydroxyl groups excluding tert-OH is 1. The summed E-state index contributed by atoms with van der Waals surface area (Å²) >= 11 is 8.99. The van der Waals surface area contributed by atoms with Crippen LogP contribution in [0.15, 0.2) is 76.1 Å². The molecule has 164 valence electrons. The fourth-order valence-electron chi connectivity index (χ4n) is 2.54. The van der Waals surface area contributed by atoms with Crippen molar-refractivity contribution in [2.24, 2.45) is 0 Å². The van der Waals surface area contributed by atoms with E-state index in [0.29, 0.717) is 28.7 Å². The molecule has 0 spiro atoms. The third-order valence-electron chi connectivity index (χ3n) is 4.08. The van der Waals surface area contributed by atoms with Crippen molar-refractivity contribution in [1.82, 2.24) is 0 Å². The number of hydrogen-bond donors (Lipinski definition) is 1. The van der Waals surface area contributed by atoms with Crippen LogP contribution in [0, 0.1) is 0 Å². The molecule has 0 saturated carbocycles. The van der Waals surface area contributed by atoms with E-state index in [-0.39, 0.29) is 32.3 Å². The normalized spacial score (nSPS) is 12.1. The minimum atomic E-state index is -0.365. The van der Waals surface area contributed by atoms with E-state index in [9.17, 15) is 9.90 Å². The smallest absolute Gasteiger partial charge is 0.337 e. The molecule has 1 N–H and O–H groups in total. The van der Waals surface area contributed by atoms with Crippen LogP contribution < -0.4 is 4.74 Å². The molecule has 0 bridgehead atoms. The molecular formula is C23H22BrClNO4W-. The van der Waals surface area contributed by atoms with Gasteiger partial charge in [-0.25, -0.2) is 4.79 Å². The zero-order valence-corrected chi connectivity index (χ0v) is 22.3. The number of halogens is 2. The van der Waals surface area contributed by atoms with E-state index in [2.05, 4.69) is 21.2 Å². The zero-order chi connectivity index (χ0) is 21.9. The Balaban J connectivity index is 0.00000480. The summed E-state index contributed by atoms with van der Waals surface area (Å²) < 4.78 is 10.5. The predicted molar refractivity (Wildman–Crippen MR) is 124 cm³/mol. The van der Waals surface area contributed by atoms with E-state index in [1.54, 1.807) is 19.2 Å². The Labute approximate surface area is 210 Å². The van der Waals surface area contributed by atoms with Crippen LogP contribution in [0.1, 0.15) is 21.5 Å². The Morgan fingerprint density at radius 2 is 1.90 bits per heavy atom. The summed E-state index contributed by atoms with van der Waals surface area (Å²) in [6.45, 7) is 0.501. The minimum Gasteiger partial charge on any atom is -0.683 e. The van der Waals surface area contributed by atoms with Gasteiger partial charge in [0.25, 0.3) is 0 Å². The minimum absolute atomic E-state index is 0. The Morgan fingerprint density at radius 3 is 2.52 bits per heavy atom. The molecule has 0 aliphatic rings. The van der Waals surface area contributed by atoms with Crippen molar-refractivity contribution in [3.63, 3.8) is 0 Å². The van der Waals surface area contributed by atoms with Gasteiger partial charge < -0.3 is 19.9 Å². The van der Waals surface area contributed by atoms with E-state index in [1.807, 2.05) is 48.6 Å². The molecule has 0 aromatic heterocycles. The van der Waals surface area contributed by atoms with Gasteiger partial charge in [0.1, 0.15) is 5.75 Å². The molecule has 5 nitrogen and oxygen atoms in total. The monoisotopic (exact) mass is 674 g/mol. The first-order valence-electron chi connectivity index (χ1n) is 9.05. The number of nitrogens with zero attached hydrogens (tertiary/aromatic N) is 1. The fourth-order valence-corrected chi connectivity index (χ4v) is 3.25. The first-order chi connectivity index (χ1) is 14.4. The molecule has 0 aliphatic heterocycles. The van der Waals surface area contributed by atoms with Gasteiger partial charge in [0.15, 0.2) is 5.22 Å². The van der Waals surface area contributed by atoms with Crippen LogP contribution in [0.5, 0.6) is 5.75 Å². The van der Waals surface area contributed by atoms with Crippen molar-refractivity contribution in [3.8, 4) is 5.75 Å². The van der Waals surface area contributed by atoms with Gasteiger partial charge in [-0.1, -0.05) is 52.3 Å². The van der Waals surface area contributed by atoms with E-state index in [1.165, 1.54) is 13.2 Å². The average Bonchev–Trinajstić information content (AvgIpc) is 2.75. The number of allylic oxidation sites excluding steroid dienone is 3. The van der Waals surface area contributed by atoms with Gasteiger partial charge in [-0.2, -0.15) is 0 Å². The molecule has 0 fully saturated rings. The number of benzene rings is 2. The Hall–Kier alpha value is -2.01. The Kier molecular flexibility index (Phi) is 12.3. The summed E-state index contributed by atoms with van der Waals surface area (Å²) in [7, 11) is 2.97. The van der Waals surface area contributed by atoms with Gasteiger partial charge in [-0.3, -0.25) is 0 Å². The number of hydrogen-bond acceptors (Lipinski definition) is 4. The predicted octanol–water partition coefficient (Wildman–Crippen LogP) is 6.35. The van der Waals surface area contributed by atoms with Gasteiger partial charge in [0.05, 0.1) is 19.8 Å².